The van der Waals surface area contributed by atoms with Crippen LogP contribution in [-0.4, -0.2) is 43.7 Å². The number of hydrogen-bond donors (Lipinski definition) is 3. The molecule has 0 atom stereocenters. The van der Waals surface area contributed by atoms with Gasteiger partial charge in [0.1, 0.15) is 5.75 Å². The smallest absolute Gasteiger partial charge is 0.279 e. The highest BCUT2D eigenvalue weighted by molar-refractivity contribution is 6.34. The van der Waals surface area contributed by atoms with Crippen molar-refractivity contribution in [1.82, 2.24) is 0 Å². The molecule has 0 saturated carbocycles. The maximum atomic E-state index is 12.4. The monoisotopic (exact) mass is 374 g/mol. The molecule has 5 nitrogen and oxygen atoms in total. The van der Waals surface area contributed by atoms with Crippen LogP contribution in [0.4, 0.5) is 11.4 Å². The third kappa shape index (κ3) is 4.29. The molecule has 1 heterocycles. The lowest BCUT2D eigenvalue weighted by Gasteiger charge is -2.33. The van der Waals surface area contributed by atoms with Crippen LogP contribution in [0, 0.1) is 13.8 Å². The van der Waals surface area contributed by atoms with E-state index in [4.69, 9.17) is 11.6 Å². The van der Waals surface area contributed by atoms with Crippen LogP contribution in [0.25, 0.3) is 0 Å². The topological polar surface area (TPSA) is 57.0 Å². The van der Waals surface area contributed by atoms with E-state index >= 15 is 0 Å². The van der Waals surface area contributed by atoms with Gasteiger partial charge in [-0.25, -0.2) is 0 Å². The van der Waals surface area contributed by atoms with Gasteiger partial charge in [0.15, 0.2) is 6.54 Å². The molecule has 2 aromatic carbocycles. The number of rotatable bonds is 4. The van der Waals surface area contributed by atoms with E-state index in [2.05, 4.69) is 10.2 Å². The Morgan fingerprint density at radius 3 is 2.58 bits per heavy atom. The van der Waals surface area contributed by atoms with Crippen molar-refractivity contribution in [2.24, 2.45) is 0 Å². The predicted octanol–water partition coefficient (Wildman–Crippen LogP) is 2.01. The molecule has 3 N–H and O–H groups in total. The lowest BCUT2D eigenvalue weighted by atomic mass is 10.1. The molecule has 6 heteroatoms. The number of carbonyl (C=O) groups is 1. The Bertz CT molecular complexity index is 778. The van der Waals surface area contributed by atoms with Gasteiger partial charge >= 0.3 is 0 Å². The molecule has 1 aliphatic rings. The molecule has 1 amide bonds. The van der Waals surface area contributed by atoms with E-state index in [9.17, 15) is 9.90 Å². The average molecular weight is 375 g/mol. The average Bonchev–Trinajstić information content (AvgIpc) is 2.59. The molecule has 1 saturated heterocycles. The number of hydrogen-bond acceptors (Lipinski definition) is 3. The summed E-state index contributed by atoms with van der Waals surface area (Å²) in [6, 6.07) is 11.3. The molecule has 0 aliphatic carbocycles. The number of carbonyl (C=O) groups excluding carboxylic acids is 1. The van der Waals surface area contributed by atoms with Crippen LogP contribution in [0.3, 0.4) is 0 Å². The number of amides is 1. The first-order chi connectivity index (χ1) is 12.4. The van der Waals surface area contributed by atoms with Crippen molar-refractivity contribution in [3.63, 3.8) is 0 Å². The first-order valence-corrected chi connectivity index (χ1v) is 9.25. The van der Waals surface area contributed by atoms with Gasteiger partial charge in [-0.15, -0.1) is 0 Å². The molecule has 1 aliphatic heterocycles. The molecule has 138 valence electrons. The van der Waals surface area contributed by atoms with Crippen LogP contribution in [0.15, 0.2) is 36.4 Å². The molecule has 0 bridgehead atoms. The van der Waals surface area contributed by atoms with Crippen molar-refractivity contribution in [3.05, 3.63) is 52.5 Å². The van der Waals surface area contributed by atoms with E-state index in [1.807, 2.05) is 44.2 Å². The SMILES string of the molecule is Cc1cc(C)c(NC(=O)C[NH+]2CCN(c3ccccc3O)CC2)c(Cl)c1. The quantitative estimate of drug-likeness (QED) is 0.767. The Morgan fingerprint density at radius 2 is 1.92 bits per heavy atom. The highest BCUT2D eigenvalue weighted by Gasteiger charge is 2.24. The number of nitrogens with one attached hydrogen (secondary N) is 2. The second kappa shape index (κ2) is 7.98. The summed E-state index contributed by atoms with van der Waals surface area (Å²) in [7, 11) is 0. The van der Waals surface area contributed by atoms with Gasteiger partial charge in [-0.1, -0.05) is 29.8 Å². The Balaban J connectivity index is 1.55. The summed E-state index contributed by atoms with van der Waals surface area (Å²) in [5, 5.41) is 13.5. The van der Waals surface area contributed by atoms with E-state index in [1.165, 1.54) is 4.90 Å². The summed E-state index contributed by atoms with van der Waals surface area (Å²) >= 11 is 6.27. The number of phenolic OH excluding ortho intramolecular Hbond substituents is 1. The summed E-state index contributed by atoms with van der Waals surface area (Å²) in [5.74, 6) is 0.281. The molecule has 26 heavy (non-hydrogen) atoms. The fourth-order valence-electron chi connectivity index (χ4n) is 3.46. The maximum Gasteiger partial charge on any atom is 0.279 e. The largest absolute Gasteiger partial charge is 0.506 e. The van der Waals surface area contributed by atoms with Gasteiger partial charge in [0.05, 0.1) is 42.6 Å². The van der Waals surface area contributed by atoms with Crippen molar-refractivity contribution in [2.75, 3.05) is 42.9 Å². The molecule has 1 fully saturated rings. The molecule has 0 unspecified atom stereocenters. The normalized spacial score (nSPS) is 15.1. The minimum atomic E-state index is -0.0233. The Labute approximate surface area is 159 Å². The Morgan fingerprint density at radius 1 is 1.23 bits per heavy atom. The molecular weight excluding hydrogens is 350 g/mol. The fraction of sp³-hybridized carbons (Fsp3) is 0.350. The second-order valence-electron chi connectivity index (χ2n) is 6.89. The van der Waals surface area contributed by atoms with Crippen molar-refractivity contribution in [1.29, 1.82) is 0 Å². The van der Waals surface area contributed by atoms with E-state index in [0.29, 0.717) is 23.0 Å². The van der Waals surface area contributed by atoms with Gasteiger partial charge in [0, 0.05) is 0 Å². The lowest BCUT2D eigenvalue weighted by molar-refractivity contribution is -0.892. The van der Waals surface area contributed by atoms with Crippen LogP contribution in [0.5, 0.6) is 5.75 Å². The second-order valence-corrected chi connectivity index (χ2v) is 7.30. The highest BCUT2D eigenvalue weighted by atomic mass is 35.5. The third-order valence-corrected chi connectivity index (χ3v) is 5.10. The number of benzene rings is 2. The zero-order chi connectivity index (χ0) is 18.7. The number of aromatic hydroxyl groups is 1. The standard InChI is InChI=1S/C20H24ClN3O2/c1-14-11-15(2)20(16(21)12-14)22-19(26)13-23-7-9-24(10-8-23)17-5-3-4-6-18(17)25/h3-6,11-12,25H,7-10,13H2,1-2H3,(H,22,26)/p+1. The third-order valence-electron chi connectivity index (χ3n) is 4.80. The van der Waals surface area contributed by atoms with Crippen LogP contribution in [0.1, 0.15) is 11.1 Å². The van der Waals surface area contributed by atoms with Crippen molar-refractivity contribution in [2.45, 2.75) is 13.8 Å². The number of aryl methyl sites for hydroxylation is 2. The molecule has 0 aromatic heterocycles. The summed E-state index contributed by atoms with van der Waals surface area (Å²) in [4.78, 5) is 15.8. The van der Waals surface area contributed by atoms with Gasteiger partial charge in [0.2, 0.25) is 0 Å². The first kappa shape index (κ1) is 18.5. The number of quaternary nitrogens is 1. The first-order valence-electron chi connectivity index (χ1n) is 8.87. The van der Waals surface area contributed by atoms with Crippen LogP contribution in [0.2, 0.25) is 5.02 Å². The fourth-order valence-corrected chi connectivity index (χ4v) is 3.83. The molecule has 3 rings (SSSR count). The summed E-state index contributed by atoms with van der Waals surface area (Å²) in [6.07, 6.45) is 0. The van der Waals surface area contributed by atoms with Crippen LogP contribution in [-0.2, 0) is 4.79 Å². The number of anilines is 2. The minimum absolute atomic E-state index is 0.0233. The van der Waals surface area contributed by atoms with Crippen molar-refractivity contribution < 1.29 is 14.8 Å². The molecule has 0 radical (unpaired) electrons. The summed E-state index contributed by atoms with van der Waals surface area (Å²) in [6.45, 7) is 7.67. The van der Waals surface area contributed by atoms with E-state index in [1.54, 1.807) is 6.07 Å². The Hall–Kier alpha value is -2.24. The molecular formula is C20H25ClN3O2+. The molecule has 2 aromatic rings. The van der Waals surface area contributed by atoms with Gasteiger partial charge in [-0.3, -0.25) is 4.79 Å². The van der Waals surface area contributed by atoms with Crippen molar-refractivity contribution >= 4 is 28.9 Å². The van der Waals surface area contributed by atoms with Crippen LogP contribution >= 0.6 is 11.6 Å². The van der Waals surface area contributed by atoms with Gasteiger partial charge in [0.25, 0.3) is 5.91 Å². The zero-order valence-electron chi connectivity index (χ0n) is 15.2. The van der Waals surface area contributed by atoms with Gasteiger partial charge < -0.3 is 20.2 Å². The molecule has 0 spiro atoms. The minimum Gasteiger partial charge on any atom is -0.506 e. The number of phenols is 1. The maximum absolute atomic E-state index is 12.4. The Kier molecular flexibility index (Phi) is 5.69. The lowest BCUT2D eigenvalue weighted by Crippen LogP contribution is -3.15. The number of halogens is 1. The summed E-state index contributed by atoms with van der Waals surface area (Å²) in [5.41, 5.74) is 3.62. The highest BCUT2D eigenvalue weighted by Crippen LogP contribution is 2.27. The number of para-hydroxylation sites is 2. The van der Waals surface area contributed by atoms with Gasteiger partial charge in [-0.2, -0.15) is 0 Å². The van der Waals surface area contributed by atoms with E-state index in [0.717, 1.165) is 43.0 Å². The number of piperazine rings is 1. The van der Waals surface area contributed by atoms with Crippen LogP contribution < -0.4 is 15.1 Å². The van der Waals surface area contributed by atoms with E-state index in [-0.39, 0.29) is 5.91 Å². The van der Waals surface area contributed by atoms with E-state index < -0.39 is 0 Å². The van der Waals surface area contributed by atoms with Crippen molar-refractivity contribution in [3.8, 4) is 5.75 Å². The number of nitrogens with zero attached hydrogens (tertiary/aromatic N) is 1. The zero-order valence-corrected chi connectivity index (χ0v) is 15.9. The predicted molar refractivity (Wildman–Crippen MR) is 105 cm³/mol. The van der Waals surface area contributed by atoms with Gasteiger partial charge in [-0.05, 0) is 43.2 Å². The summed E-state index contributed by atoms with van der Waals surface area (Å²) < 4.78 is 0.